The first-order valence-electron chi connectivity index (χ1n) is 6.00. The van der Waals surface area contributed by atoms with E-state index < -0.39 is 0 Å². The molecule has 0 unspecified atom stereocenters. The number of likely N-dealkylation sites (N-methyl/N-ethyl adjacent to an activating group) is 1. The molecule has 0 aromatic heterocycles. The van der Waals surface area contributed by atoms with Crippen LogP contribution < -0.4 is 4.90 Å². The lowest BCUT2D eigenvalue weighted by Gasteiger charge is -2.25. The summed E-state index contributed by atoms with van der Waals surface area (Å²) >= 11 is 0. The molecule has 0 saturated carbocycles. The van der Waals surface area contributed by atoms with Crippen LogP contribution in [0.15, 0.2) is 36.0 Å². The summed E-state index contributed by atoms with van der Waals surface area (Å²) in [4.78, 5) is 2.33. The van der Waals surface area contributed by atoms with Crippen LogP contribution in [0.5, 0.6) is 0 Å². The van der Waals surface area contributed by atoms with E-state index in [0.717, 1.165) is 0 Å². The molecule has 0 aliphatic carbocycles. The highest BCUT2D eigenvalue weighted by atomic mass is 15.2. The van der Waals surface area contributed by atoms with Crippen molar-refractivity contribution in [1.82, 2.24) is 0 Å². The van der Waals surface area contributed by atoms with Crippen LogP contribution in [0.1, 0.15) is 33.3 Å². The minimum absolute atomic E-state index is 0.135. The maximum atomic E-state index is 2.38. The molecule has 0 spiro atoms. The number of fused-ring (bicyclic) bond motifs is 1. The van der Waals surface area contributed by atoms with Crippen molar-refractivity contribution >= 4 is 5.69 Å². The van der Waals surface area contributed by atoms with Crippen molar-refractivity contribution < 1.29 is 0 Å². The van der Waals surface area contributed by atoms with E-state index in [2.05, 4.69) is 70.0 Å². The maximum absolute atomic E-state index is 2.38. The Kier molecular flexibility index (Phi) is 2.57. The third kappa shape index (κ3) is 1.55. The highest BCUT2D eigenvalue weighted by molar-refractivity contribution is 5.69. The van der Waals surface area contributed by atoms with Gasteiger partial charge in [-0.1, -0.05) is 52.0 Å². The summed E-state index contributed by atoms with van der Waals surface area (Å²) in [6.45, 7) is 9.09. The molecule has 0 amide bonds. The summed E-state index contributed by atoms with van der Waals surface area (Å²) in [5.41, 5.74) is 4.34. The number of para-hydroxylation sites is 1. The van der Waals surface area contributed by atoms with E-state index in [1.54, 1.807) is 0 Å². The Bertz CT molecular complexity index is 427. The fraction of sp³-hybridized carbons (Fsp3) is 0.467. The molecule has 1 heteroatoms. The first-order valence-corrected chi connectivity index (χ1v) is 6.00. The van der Waals surface area contributed by atoms with Crippen LogP contribution in [-0.2, 0) is 5.41 Å². The molecule has 1 aliphatic heterocycles. The zero-order chi connectivity index (χ0) is 11.9. The Morgan fingerprint density at radius 3 is 2.38 bits per heavy atom. The van der Waals surface area contributed by atoms with Crippen molar-refractivity contribution in [1.29, 1.82) is 0 Å². The standard InChI is InChI=1S/C15H21N/c1-11(2)10-14-15(3,4)12-8-6-7-9-13(12)16(14)5/h6-11H,1-5H3/b14-10+. The quantitative estimate of drug-likeness (QED) is 0.685. The smallest absolute Gasteiger partial charge is 0.0447 e. The SMILES string of the molecule is CC(C)/C=C1/N(C)c2ccccc2C1(C)C. The summed E-state index contributed by atoms with van der Waals surface area (Å²) in [6.07, 6.45) is 2.38. The van der Waals surface area contributed by atoms with Gasteiger partial charge in [0.15, 0.2) is 0 Å². The van der Waals surface area contributed by atoms with Crippen molar-refractivity contribution in [3.63, 3.8) is 0 Å². The van der Waals surface area contributed by atoms with Gasteiger partial charge in [0.05, 0.1) is 0 Å². The zero-order valence-corrected chi connectivity index (χ0v) is 10.9. The van der Waals surface area contributed by atoms with Crippen LogP contribution in [0.25, 0.3) is 0 Å². The average molecular weight is 215 g/mol. The molecule has 1 aromatic carbocycles. The molecule has 1 nitrogen and oxygen atoms in total. The van der Waals surface area contributed by atoms with Gasteiger partial charge in [0, 0.05) is 23.8 Å². The molecule has 1 heterocycles. The highest BCUT2D eigenvalue weighted by Crippen LogP contribution is 2.46. The van der Waals surface area contributed by atoms with Crippen LogP contribution in [0.4, 0.5) is 5.69 Å². The predicted molar refractivity (Wildman–Crippen MR) is 70.8 cm³/mol. The molecular weight excluding hydrogens is 194 g/mol. The van der Waals surface area contributed by atoms with Gasteiger partial charge in [0.1, 0.15) is 0 Å². The minimum atomic E-state index is 0.135. The van der Waals surface area contributed by atoms with Gasteiger partial charge in [-0.15, -0.1) is 0 Å². The van der Waals surface area contributed by atoms with Crippen molar-refractivity contribution in [3.8, 4) is 0 Å². The van der Waals surface area contributed by atoms with E-state index in [1.165, 1.54) is 16.9 Å². The van der Waals surface area contributed by atoms with Crippen molar-refractivity contribution in [2.24, 2.45) is 5.92 Å². The molecule has 16 heavy (non-hydrogen) atoms. The monoisotopic (exact) mass is 215 g/mol. The fourth-order valence-electron chi connectivity index (χ4n) is 2.62. The van der Waals surface area contributed by atoms with E-state index in [-0.39, 0.29) is 5.41 Å². The molecule has 2 rings (SSSR count). The van der Waals surface area contributed by atoms with E-state index in [0.29, 0.717) is 5.92 Å². The lowest BCUT2D eigenvalue weighted by molar-refractivity contribution is 0.626. The highest BCUT2D eigenvalue weighted by Gasteiger charge is 2.37. The van der Waals surface area contributed by atoms with Gasteiger partial charge in [-0.25, -0.2) is 0 Å². The van der Waals surface area contributed by atoms with Crippen LogP contribution >= 0.6 is 0 Å². The van der Waals surface area contributed by atoms with Crippen molar-refractivity contribution in [2.75, 3.05) is 11.9 Å². The second-order valence-electron chi connectivity index (χ2n) is 5.50. The Morgan fingerprint density at radius 2 is 1.81 bits per heavy atom. The second-order valence-corrected chi connectivity index (χ2v) is 5.50. The first-order chi connectivity index (χ1) is 7.44. The number of nitrogens with zero attached hydrogens (tertiary/aromatic N) is 1. The summed E-state index contributed by atoms with van der Waals surface area (Å²) < 4.78 is 0. The molecule has 86 valence electrons. The van der Waals surface area contributed by atoms with E-state index >= 15 is 0 Å². The van der Waals surface area contributed by atoms with E-state index in [1.807, 2.05) is 0 Å². The molecule has 0 bridgehead atoms. The average Bonchev–Trinajstić information content (AvgIpc) is 2.41. The van der Waals surface area contributed by atoms with Gasteiger partial charge < -0.3 is 4.90 Å². The number of hydrogen-bond donors (Lipinski definition) is 0. The van der Waals surface area contributed by atoms with Gasteiger partial charge in [-0.3, -0.25) is 0 Å². The fourth-order valence-corrected chi connectivity index (χ4v) is 2.62. The largest absolute Gasteiger partial charge is 0.347 e. The molecular formula is C15H21N. The Morgan fingerprint density at radius 1 is 1.19 bits per heavy atom. The minimum Gasteiger partial charge on any atom is -0.347 e. The second kappa shape index (κ2) is 3.65. The van der Waals surface area contributed by atoms with Gasteiger partial charge in [-0.05, 0) is 17.5 Å². The summed E-state index contributed by atoms with van der Waals surface area (Å²) in [5.74, 6) is 0.589. The number of rotatable bonds is 1. The Hall–Kier alpha value is -1.24. The molecule has 1 aliphatic rings. The summed E-state index contributed by atoms with van der Waals surface area (Å²) in [7, 11) is 2.17. The number of anilines is 1. The van der Waals surface area contributed by atoms with Gasteiger partial charge in [-0.2, -0.15) is 0 Å². The topological polar surface area (TPSA) is 3.24 Å². The summed E-state index contributed by atoms with van der Waals surface area (Å²) in [6, 6.07) is 8.70. The molecule has 1 aromatic rings. The predicted octanol–water partition coefficient (Wildman–Crippen LogP) is 3.95. The van der Waals surface area contributed by atoms with Crippen LogP contribution in [0, 0.1) is 5.92 Å². The number of hydrogen-bond acceptors (Lipinski definition) is 1. The lowest BCUT2D eigenvalue weighted by atomic mass is 9.83. The molecule has 0 N–H and O–H groups in total. The first kappa shape index (κ1) is 11.3. The molecule has 0 saturated heterocycles. The number of benzene rings is 1. The van der Waals surface area contributed by atoms with Gasteiger partial charge in [0.2, 0.25) is 0 Å². The van der Waals surface area contributed by atoms with Crippen LogP contribution in [-0.4, -0.2) is 7.05 Å². The van der Waals surface area contributed by atoms with Crippen molar-refractivity contribution in [3.05, 3.63) is 41.6 Å². The molecule has 0 fully saturated rings. The van der Waals surface area contributed by atoms with Crippen molar-refractivity contribution in [2.45, 2.75) is 33.1 Å². The van der Waals surface area contributed by atoms with E-state index in [4.69, 9.17) is 0 Å². The molecule has 0 atom stereocenters. The van der Waals surface area contributed by atoms with E-state index in [9.17, 15) is 0 Å². The molecule has 0 radical (unpaired) electrons. The third-order valence-electron chi connectivity index (χ3n) is 3.43. The number of allylic oxidation sites excluding steroid dienone is 2. The normalized spacial score (nSPS) is 20.6. The lowest BCUT2D eigenvalue weighted by Crippen LogP contribution is -2.23. The van der Waals surface area contributed by atoms with Crippen LogP contribution in [0.2, 0.25) is 0 Å². The third-order valence-corrected chi connectivity index (χ3v) is 3.43. The zero-order valence-electron chi connectivity index (χ0n) is 10.9. The van der Waals surface area contributed by atoms with Crippen LogP contribution in [0.3, 0.4) is 0 Å². The summed E-state index contributed by atoms with van der Waals surface area (Å²) in [5, 5.41) is 0. The maximum Gasteiger partial charge on any atom is 0.0447 e. The Labute approximate surface area is 98.8 Å². The van der Waals surface area contributed by atoms with Gasteiger partial charge >= 0.3 is 0 Å². The Balaban J connectivity index is 2.57. The van der Waals surface area contributed by atoms with Gasteiger partial charge in [0.25, 0.3) is 0 Å².